The molecule has 1 aliphatic rings. The van der Waals surface area contributed by atoms with E-state index in [0.717, 1.165) is 6.26 Å². The van der Waals surface area contributed by atoms with Crippen LogP contribution in [0.5, 0.6) is 17.2 Å². The Labute approximate surface area is 156 Å². The second kappa shape index (κ2) is 8.15. The summed E-state index contributed by atoms with van der Waals surface area (Å²) < 4.78 is 62.9. The van der Waals surface area contributed by atoms with Gasteiger partial charge < -0.3 is 24.8 Å². The molecule has 2 N–H and O–H groups in total. The summed E-state index contributed by atoms with van der Waals surface area (Å²) in [6.45, 7) is 0.413. The van der Waals surface area contributed by atoms with E-state index in [9.17, 15) is 17.2 Å². The summed E-state index contributed by atoms with van der Waals surface area (Å²) in [6.07, 6.45) is 1.16. The van der Waals surface area contributed by atoms with Gasteiger partial charge in [0.05, 0.1) is 4.75 Å². The van der Waals surface area contributed by atoms with Crippen molar-refractivity contribution >= 4 is 15.8 Å². The zero-order chi connectivity index (χ0) is 20.2. The van der Waals surface area contributed by atoms with E-state index < -0.39 is 21.2 Å². The third-order valence-electron chi connectivity index (χ3n) is 4.13. The number of sulfone groups is 1. The Morgan fingerprint density at radius 1 is 1.30 bits per heavy atom. The van der Waals surface area contributed by atoms with Gasteiger partial charge in [-0.2, -0.15) is 8.78 Å². The molecule has 0 saturated carbocycles. The van der Waals surface area contributed by atoms with Gasteiger partial charge in [-0.1, -0.05) is 0 Å². The number of rotatable bonds is 7. The lowest BCUT2D eigenvalue weighted by Crippen LogP contribution is -2.47. The predicted molar refractivity (Wildman–Crippen MR) is 96.3 cm³/mol. The van der Waals surface area contributed by atoms with Gasteiger partial charge in [-0.15, -0.1) is 0 Å². The number of hydrogen-bond acceptors (Lipinski definition) is 6. The largest absolute Gasteiger partial charge is 0.454 e. The number of nitrogens with one attached hydrogen (secondary N) is 2. The van der Waals surface area contributed by atoms with Gasteiger partial charge in [0.25, 0.3) is 0 Å². The normalized spacial score (nSPS) is 14.4. The molecule has 0 aliphatic carbocycles. The molecule has 0 aromatic heterocycles. The highest BCUT2D eigenvalue weighted by Gasteiger charge is 2.30. The maximum atomic E-state index is 12.7. The van der Waals surface area contributed by atoms with Crippen molar-refractivity contribution in [1.82, 2.24) is 10.6 Å². The smallest absolute Gasteiger partial charge is 0.387 e. The lowest BCUT2D eigenvalue weighted by molar-refractivity contribution is -0.0505. The molecule has 1 aromatic rings. The molecule has 0 amide bonds. The molecule has 0 fully saturated rings. The minimum Gasteiger partial charge on any atom is -0.454 e. The second-order valence-corrected chi connectivity index (χ2v) is 9.15. The van der Waals surface area contributed by atoms with Gasteiger partial charge in [-0.25, -0.2) is 8.42 Å². The Morgan fingerprint density at radius 3 is 2.48 bits per heavy atom. The van der Waals surface area contributed by atoms with E-state index in [1.54, 1.807) is 19.9 Å². The van der Waals surface area contributed by atoms with Crippen molar-refractivity contribution < 1.29 is 31.4 Å². The molecule has 0 bridgehead atoms. The Kier molecular flexibility index (Phi) is 6.34. The maximum Gasteiger partial charge on any atom is 0.387 e. The summed E-state index contributed by atoms with van der Waals surface area (Å²) in [7, 11) is -1.77. The SMILES string of the molecule is CN=C(NCc1cc2c(cc1OC(F)F)OCO2)NCC(C)(C)S(C)(=O)=O. The van der Waals surface area contributed by atoms with Crippen LogP contribution >= 0.6 is 0 Å². The summed E-state index contributed by atoms with van der Waals surface area (Å²) >= 11 is 0. The topological polar surface area (TPSA) is 98.2 Å². The summed E-state index contributed by atoms with van der Waals surface area (Å²) in [6, 6.07) is 2.88. The van der Waals surface area contributed by atoms with Crippen LogP contribution in [-0.4, -0.2) is 52.4 Å². The van der Waals surface area contributed by atoms with Gasteiger partial charge >= 0.3 is 6.61 Å². The number of aliphatic imine (C=N–C) groups is 1. The molecular weight excluding hydrogens is 384 g/mol. The molecule has 8 nitrogen and oxygen atoms in total. The van der Waals surface area contributed by atoms with Gasteiger partial charge in [0.15, 0.2) is 27.3 Å². The molecule has 1 heterocycles. The highest BCUT2D eigenvalue weighted by molar-refractivity contribution is 7.92. The maximum absolute atomic E-state index is 12.7. The van der Waals surface area contributed by atoms with Crippen LogP contribution in [0.3, 0.4) is 0 Å². The third kappa shape index (κ3) is 5.34. The van der Waals surface area contributed by atoms with E-state index in [-0.39, 0.29) is 25.6 Å². The molecule has 27 heavy (non-hydrogen) atoms. The van der Waals surface area contributed by atoms with E-state index in [4.69, 9.17) is 9.47 Å². The van der Waals surface area contributed by atoms with E-state index in [0.29, 0.717) is 23.0 Å². The van der Waals surface area contributed by atoms with Crippen LogP contribution in [-0.2, 0) is 16.4 Å². The molecule has 0 spiro atoms. The molecule has 1 aliphatic heterocycles. The molecule has 0 saturated heterocycles. The van der Waals surface area contributed by atoms with Crippen molar-refractivity contribution in [1.29, 1.82) is 0 Å². The van der Waals surface area contributed by atoms with Crippen LogP contribution in [0.25, 0.3) is 0 Å². The van der Waals surface area contributed by atoms with Crippen molar-refractivity contribution in [3.8, 4) is 17.2 Å². The first-order valence-electron chi connectivity index (χ1n) is 8.05. The van der Waals surface area contributed by atoms with Gasteiger partial charge in [-0.3, -0.25) is 4.99 Å². The Bertz CT molecular complexity index is 813. The minimum atomic E-state index is -3.28. The molecule has 1 aromatic carbocycles. The lowest BCUT2D eigenvalue weighted by Gasteiger charge is -2.24. The first kappa shape index (κ1) is 21.0. The molecule has 0 unspecified atom stereocenters. The van der Waals surface area contributed by atoms with Gasteiger partial charge in [0.1, 0.15) is 5.75 Å². The minimum absolute atomic E-state index is 0.00410. The fourth-order valence-corrected chi connectivity index (χ4v) is 2.47. The molecule has 2 rings (SSSR count). The summed E-state index contributed by atoms with van der Waals surface area (Å²) in [5.74, 6) is 1.02. The number of hydrogen-bond donors (Lipinski definition) is 2. The third-order valence-corrected chi connectivity index (χ3v) is 6.28. The number of halogens is 2. The van der Waals surface area contributed by atoms with Crippen LogP contribution < -0.4 is 24.8 Å². The van der Waals surface area contributed by atoms with E-state index in [2.05, 4.69) is 20.4 Å². The number of benzene rings is 1. The second-order valence-electron chi connectivity index (χ2n) is 6.50. The fourth-order valence-electron chi connectivity index (χ4n) is 2.14. The van der Waals surface area contributed by atoms with Crippen molar-refractivity contribution in [3.05, 3.63) is 17.7 Å². The van der Waals surface area contributed by atoms with Crippen LogP contribution in [0.2, 0.25) is 0 Å². The zero-order valence-electron chi connectivity index (χ0n) is 15.5. The molecular formula is C16H23F2N3O5S. The van der Waals surface area contributed by atoms with Crippen molar-refractivity contribution in [3.63, 3.8) is 0 Å². The van der Waals surface area contributed by atoms with E-state index in [1.807, 2.05) is 0 Å². The Balaban J connectivity index is 2.08. The monoisotopic (exact) mass is 407 g/mol. The summed E-state index contributed by atoms with van der Waals surface area (Å²) in [4.78, 5) is 4.01. The van der Waals surface area contributed by atoms with Crippen molar-refractivity contribution in [2.45, 2.75) is 31.8 Å². The lowest BCUT2D eigenvalue weighted by atomic mass is 10.1. The molecule has 0 atom stereocenters. The molecule has 0 radical (unpaired) electrons. The summed E-state index contributed by atoms with van der Waals surface area (Å²) in [5.41, 5.74) is 0.407. The Morgan fingerprint density at radius 2 is 1.93 bits per heavy atom. The number of nitrogens with zero attached hydrogens (tertiary/aromatic N) is 1. The van der Waals surface area contributed by atoms with Crippen molar-refractivity contribution in [2.24, 2.45) is 4.99 Å². The van der Waals surface area contributed by atoms with Gasteiger partial charge in [0, 0.05) is 38.0 Å². The highest BCUT2D eigenvalue weighted by atomic mass is 32.2. The van der Waals surface area contributed by atoms with Crippen molar-refractivity contribution in [2.75, 3.05) is 26.6 Å². The molecule has 152 valence electrons. The quantitative estimate of drug-likeness (QED) is 0.522. The van der Waals surface area contributed by atoms with Crippen LogP contribution in [0, 0.1) is 0 Å². The average Bonchev–Trinajstić information content (AvgIpc) is 3.00. The van der Waals surface area contributed by atoms with Gasteiger partial charge in [0.2, 0.25) is 6.79 Å². The van der Waals surface area contributed by atoms with Gasteiger partial charge in [-0.05, 0) is 19.9 Å². The van der Waals surface area contributed by atoms with Crippen LogP contribution in [0.4, 0.5) is 8.78 Å². The zero-order valence-corrected chi connectivity index (χ0v) is 16.3. The standard InChI is InChI=1S/C16H23F2N3O5S/c1-16(2,27(4,22)23)8-21-15(19-3)20-7-10-5-12-13(25-9-24-12)6-11(10)26-14(17)18/h5-6,14H,7-9H2,1-4H3,(H2,19,20,21). The number of fused-ring (bicyclic) bond motifs is 1. The molecule has 11 heteroatoms. The fraction of sp³-hybridized carbons (Fsp3) is 0.562. The highest BCUT2D eigenvalue weighted by Crippen LogP contribution is 2.38. The predicted octanol–water partition coefficient (Wildman–Crippen LogP) is 1.50. The van der Waals surface area contributed by atoms with Crippen LogP contribution in [0.15, 0.2) is 17.1 Å². The Hall–Kier alpha value is -2.30. The average molecular weight is 407 g/mol. The van der Waals surface area contributed by atoms with E-state index >= 15 is 0 Å². The number of alkyl halides is 2. The summed E-state index contributed by atoms with van der Waals surface area (Å²) in [5, 5.41) is 5.85. The van der Waals surface area contributed by atoms with Crippen LogP contribution in [0.1, 0.15) is 19.4 Å². The van der Waals surface area contributed by atoms with E-state index in [1.165, 1.54) is 13.1 Å². The first-order valence-corrected chi connectivity index (χ1v) is 9.94. The first-order chi connectivity index (χ1) is 12.5. The number of ether oxygens (including phenoxy) is 3. The number of guanidine groups is 1.